The summed E-state index contributed by atoms with van der Waals surface area (Å²) in [6.07, 6.45) is 4.10. The Morgan fingerprint density at radius 2 is 2.33 bits per heavy atom. The number of aromatic nitrogens is 1. The number of carbonyl (C=O) groups is 1. The molecule has 3 rings (SSSR count). The quantitative estimate of drug-likeness (QED) is 0.815. The molecule has 0 bridgehead atoms. The van der Waals surface area contributed by atoms with Crippen LogP contribution in [0.4, 0.5) is 10.1 Å². The molecule has 24 heavy (non-hydrogen) atoms. The van der Waals surface area contributed by atoms with Crippen molar-refractivity contribution in [2.45, 2.75) is 18.5 Å². The van der Waals surface area contributed by atoms with Crippen LogP contribution in [0.3, 0.4) is 0 Å². The van der Waals surface area contributed by atoms with Crippen molar-refractivity contribution in [3.8, 4) is 0 Å². The summed E-state index contributed by atoms with van der Waals surface area (Å²) < 4.78 is 18.4. The van der Waals surface area contributed by atoms with Gasteiger partial charge in [0.1, 0.15) is 11.9 Å². The summed E-state index contributed by atoms with van der Waals surface area (Å²) in [6.45, 7) is 0. The lowest BCUT2D eigenvalue weighted by atomic mass is 10.0. The smallest absolute Gasteiger partial charge is 0.242 e. The fourth-order valence-corrected chi connectivity index (χ4v) is 3.50. The predicted octanol–water partition coefficient (Wildman–Crippen LogP) is 3.41. The monoisotopic (exact) mass is 366 g/mol. The minimum absolute atomic E-state index is 0.0194. The van der Waals surface area contributed by atoms with E-state index in [1.54, 1.807) is 12.4 Å². The van der Waals surface area contributed by atoms with Crippen molar-refractivity contribution in [1.82, 2.24) is 14.0 Å². The summed E-state index contributed by atoms with van der Waals surface area (Å²) in [5, 5.41) is 2.77. The van der Waals surface area contributed by atoms with Crippen LogP contribution in [0.5, 0.6) is 0 Å². The Balaban J connectivity index is 1.71. The molecule has 126 valence electrons. The van der Waals surface area contributed by atoms with E-state index in [-0.39, 0.29) is 23.0 Å². The average Bonchev–Trinajstić information content (AvgIpc) is 2.59. The van der Waals surface area contributed by atoms with E-state index in [4.69, 9.17) is 11.6 Å². The summed E-state index contributed by atoms with van der Waals surface area (Å²) in [7, 11) is 1.85. The number of rotatable bonds is 3. The zero-order valence-corrected chi connectivity index (χ0v) is 14.4. The van der Waals surface area contributed by atoms with Crippen LogP contribution in [0.1, 0.15) is 18.0 Å². The van der Waals surface area contributed by atoms with Gasteiger partial charge in [-0.15, -0.1) is 0 Å². The van der Waals surface area contributed by atoms with Crippen molar-refractivity contribution < 1.29 is 9.18 Å². The van der Waals surface area contributed by atoms with Gasteiger partial charge in [0.05, 0.1) is 5.02 Å². The molecule has 1 aliphatic heterocycles. The lowest BCUT2D eigenvalue weighted by molar-refractivity contribution is -0.119. The zero-order valence-electron chi connectivity index (χ0n) is 12.9. The summed E-state index contributed by atoms with van der Waals surface area (Å²) >= 11 is 7.14. The van der Waals surface area contributed by atoms with Gasteiger partial charge in [0.25, 0.3) is 0 Å². The third-order valence-corrected chi connectivity index (χ3v) is 5.04. The molecule has 1 aliphatic rings. The Morgan fingerprint density at radius 3 is 3.04 bits per heavy atom. The number of pyridine rings is 1. The minimum atomic E-state index is -0.513. The molecule has 0 aliphatic carbocycles. The zero-order chi connectivity index (χ0) is 17.1. The van der Waals surface area contributed by atoms with Gasteiger partial charge < -0.3 is 5.32 Å². The van der Waals surface area contributed by atoms with Gasteiger partial charge in [-0.3, -0.25) is 9.78 Å². The number of nitrogens with one attached hydrogen (secondary N) is 2. The van der Waals surface area contributed by atoms with Crippen LogP contribution in [0, 0.1) is 5.82 Å². The summed E-state index contributed by atoms with van der Waals surface area (Å²) in [5.74, 6) is -0.677. The fraction of sp³-hybridized carbons (Fsp3) is 0.250. The first-order valence-corrected chi connectivity index (χ1v) is 8.51. The minimum Gasteiger partial charge on any atom is -0.325 e. The topological polar surface area (TPSA) is 57.3 Å². The third kappa shape index (κ3) is 3.87. The van der Waals surface area contributed by atoms with Crippen LogP contribution in [0.15, 0.2) is 42.7 Å². The van der Waals surface area contributed by atoms with Crippen molar-refractivity contribution in [2.75, 3.05) is 12.4 Å². The molecule has 2 heterocycles. The van der Waals surface area contributed by atoms with E-state index in [2.05, 4.69) is 15.0 Å². The van der Waals surface area contributed by atoms with E-state index in [0.29, 0.717) is 12.1 Å². The Hall–Kier alpha value is -1.67. The van der Waals surface area contributed by atoms with Crippen LogP contribution in [-0.2, 0) is 4.79 Å². The number of nitrogens with zero attached hydrogens (tertiary/aromatic N) is 2. The summed E-state index contributed by atoms with van der Waals surface area (Å²) in [4.78, 5) is 16.7. The van der Waals surface area contributed by atoms with Crippen LogP contribution in [0.25, 0.3) is 0 Å². The number of likely N-dealkylation sites (N-methyl/N-ethyl adjacent to an activating group) is 1. The number of anilines is 1. The van der Waals surface area contributed by atoms with Gasteiger partial charge in [-0.2, -0.15) is 0 Å². The summed E-state index contributed by atoms with van der Waals surface area (Å²) in [5.41, 5.74) is 1.50. The van der Waals surface area contributed by atoms with Gasteiger partial charge in [-0.1, -0.05) is 17.7 Å². The highest BCUT2D eigenvalue weighted by Gasteiger charge is 2.32. The van der Waals surface area contributed by atoms with Gasteiger partial charge in [-0.25, -0.2) is 13.4 Å². The van der Waals surface area contributed by atoms with Gasteiger partial charge >= 0.3 is 0 Å². The molecule has 5 nitrogen and oxygen atoms in total. The standard InChI is InChI=1S/C16H16ClFN4OS/c1-22-15(8-14(21-24-22)10-3-2-6-19-9-10)16(23)20-11-4-5-13(18)12(17)7-11/h2-7,9,14-15,21H,8H2,1H3,(H,20,23). The number of carbonyl (C=O) groups excluding carboxylic acids is 1. The van der Waals surface area contributed by atoms with E-state index in [1.165, 1.54) is 30.3 Å². The Labute approximate surface area is 148 Å². The second-order valence-electron chi connectivity index (χ2n) is 5.46. The first-order valence-electron chi connectivity index (χ1n) is 7.36. The van der Waals surface area contributed by atoms with Crippen molar-refractivity contribution in [3.05, 3.63) is 59.1 Å². The number of amides is 1. The van der Waals surface area contributed by atoms with Crippen LogP contribution >= 0.6 is 23.7 Å². The van der Waals surface area contributed by atoms with E-state index in [0.717, 1.165) is 5.56 Å². The van der Waals surface area contributed by atoms with Crippen molar-refractivity contribution >= 4 is 35.3 Å². The molecule has 8 heteroatoms. The fourth-order valence-electron chi connectivity index (χ4n) is 2.49. The lowest BCUT2D eigenvalue weighted by Crippen LogP contribution is -2.46. The Kier molecular flexibility index (Phi) is 5.35. The van der Waals surface area contributed by atoms with Crippen LogP contribution in [0.2, 0.25) is 5.02 Å². The third-order valence-electron chi connectivity index (χ3n) is 3.81. The molecule has 1 aromatic carbocycles. The van der Waals surface area contributed by atoms with Crippen LogP contribution in [-0.4, -0.2) is 28.3 Å². The Bertz CT molecular complexity index is 733. The van der Waals surface area contributed by atoms with Gasteiger partial charge in [-0.05, 0) is 43.3 Å². The number of benzene rings is 1. The van der Waals surface area contributed by atoms with E-state index < -0.39 is 5.82 Å². The molecular weight excluding hydrogens is 351 g/mol. The maximum atomic E-state index is 13.2. The largest absolute Gasteiger partial charge is 0.325 e. The predicted molar refractivity (Wildman–Crippen MR) is 93.9 cm³/mol. The number of hydrogen-bond donors (Lipinski definition) is 2. The SMILES string of the molecule is CN1SNC(c2cccnc2)CC1C(=O)Nc1ccc(F)c(Cl)c1. The molecule has 1 fully saturated rings. The van der Waals surface area contributed by atoms with E-state index in [1.807, 2.05) is 23.5 Å². The van der Waals surface area contributed by atoms with Gasteiger partial charge in [0.15, 0.2) is 0 Å². The molecule has 0 spiro atoms. The summed E-state index contributed by atoms with van der Waals surface area (Å²) in [6, 6.07) is 7.66. The molecule has 2 atom stereocenters. The normalized spacial score (nSPS) is 21.5. The van der Waals surface area contributed by atoms with Gasteiger partial charge in [0.2, 0.25) is 5.91 Å². The van der Waals surface area contributed by atoms with E-state index in [9.17, 15) is 9.18 Å². The Morgan fingerprint density at radius 1 is 1.50 bits per heavy atom. The molecule has 1 saturated heterocycles. The maximum absolute atomic E-state index is 13.2. The number of halogens is 2. The first kappa shape index (κ1) is 17.2. The maximum Gasteiger partial charge on any atom is 0.242 e. The highest BCUT2D eigenvalue weighted by atomic mass is 35.5. The first-order chi connectivity index (χ1) is 11.5. The van der Waals surface area contributed by atoms with Crippen molar-refractivity contribution in [1.29, 1.82) is 0 Å². The average molecular weight is 367 g/mol. The molecule has 2 aromatic rings. The van der Waals surface area contributed by atoms with Crippen molar-refractivity contribution in [2.24, 2.45) is 0 Å². The lowest BCUT2D eigenvalue weighted by Gasteiger charge is -2.35. The molecular formula is C16H16ClFN4OS. The number of hydrogen-bond acceptors (Lipinski definition) is 5. The molecule has 1 aromatic heterocycles. The van der Waals surface area contributed by atoms with Crippen molar-refractivity contribution in [3.63, 3.8) is 0 Å². The van der Waals surface area contributed by atoms with E-state index >= 15 is 0 Å². The van der Waals surface area contributed by atoms with Gasteiger partial charge in [0, 0.05) is 36.3 Å². The molecule has 0 radical (unpaired) electrons. The highest BCUT2D eigenvalue weighted by Crippen LogP contribution is 2.31. The van der Waals surface area contributed by atoms with Crippen LogP contribution < -0.4 is 10.0 Å². The molecule has 0 saturated carbocycles. The molecule has 1 amide bonds. The highest BCUT2D eigenvalue weighted by molar-refractivity contribution is 7.95. The second kappa shape index (κ2) is 7.48. The second-order valence-corrected chi connectivity index (χ2v) is 6.87. The molecule has 2 N–H and O–H groups in total. The molecule has 2 unspecified atom stereocenters.